The van der Waals surface area contributed by atoms with E-state index in [2.05, 4.69) is 10.4 Å². The number of carbonyl (C=O) groups excluding carboxylic acids is 1. The average Bonchev–Trinajstić information content (AvgIpc) is 3.34. The number of aromatic nitrogens is 2. The second-order valence-corrected chi connectivity index (χ2v) is 7.35. The summed E-state index contributed by atoms with van der Waals surface area (Å²) in [5.74, 6) is -0.644. The molecule has 2 aromatic carbocycles. The van der Waals surface area contributed by atoms with E-state index in [1.54, 1.807) is 29.4 Å². The predicted octanol–water partition coefficient (Wildman–Crippen LogP) is 2.60. The fourth-order valence-electron chi connectivity index (χ4n) is 3.41. The highest BCUT2D eigenvalue weighted by molar-refractivity contribution is 5.72. The van der Waals surface area contributed by atoms with E-state index in [1.165, 1.54) is 23.2 Å². The van der Waals surface area contributed by atoms with Crippen molar-refractivity contribution in [2.24, 2.45) is 0 Å². The first-order valence-electron chi connectivity index (χ1n) is 9.67. The molecule has 2 atom stereocenters. The summed E-state index contributed by atoms with van der Waals surface area (Å²) in [5.41, 5.74) is 3.86. The summed E-state index contributed by atoms with van der Waals surface area (Å²) < 4.78 is 21.8. The molecular weight excluding hydrogens is 387 g/mol. The molecule has 30 heavy (non-hydrogen) atoms. The first-order valence-corrected chi connectivity index (χ1v) is 9.67. The van der Waals surface area contributed by atoms with Gasteiger partial charge in [0.05, 0.1) is 18.8 Å². The van der Waals surface area contributed by atoms with Gasteiger partial charge in [-0.2, -0.15) is 5.10 Å². The molecular formula is C22H23FN4O3. The average molecular weight is 410 g/mol. The van der Waals surface area contributed by atoms with Crippen LogP contribution in [0.15, 0.2) is 54.9 Å². The smallest absolute Gasteiger partial charge is 0.238 e. The Labute approximate surface area is 173 Å². The number of anilines is 1. The Bertz CT molecular complexity index is 1050. The lowest BCUT2D eigenvalue weighted by atomic mass is 10.1. The Morgan fingerprint density at radius 3 is 2.73 bits per heavy atom. The molecule has 0 radical (unpaired) electrons. The van der Waals surface area contributed by atoms with E-state index in [9.17, 15) is 14.3 Å². The second kappa shape index (κ2) is 8.25. The van der Waals surface area contributed by atoms with Crippen LogP contribution in [0.5, 0.6) is 0 Å². The standard InChI is InChI=1S/C22H23FN4O3/c1-14-3-5-16(6-4-14)17-10-25-27(12-17)21-8-7-18(9-20(21)23)26-13-19(30-22(26)29)11-24-15(2)28/h3-10,12,19,22,29H,11,13H2,1-2H3,(H,24,28). The lowest BCUT2D eigenvalue weighted by Gasteiger charge is -2.21. The number of benzene rings is 2. The maximum absolute atomic E-state index is 14.9. The maximum atomic E-state index is 14.9. The van der Waals surface area contributed by atoms with Crippen molar-refractivity contribution in [3.8, 4) is 16.8 Å². The molecule has 2 heterocycles. The number of nitrogens with one attached hydrogen (secondary N) is 1. The minimum atomic E-state index is -1.20. The zero-order valence-corrected chi connectivity index (χ0v) is 16.7. The largest absolute Gasteiger partial charge is 0.354 e. The van der Waals surface area contributed by atoms with Gasteiger partial charge in [-0.1, -0.05) is 29.8 Å². The molecule has 0 aliphatic carbocycles. The van der Waals surface area contributed by atoms with Crippen molar-refractivity contribution in [3.63, 3.8) is 0 Å². The van der Waals surface area contributed by atoms with E-state index in [4.69, 9.17) is 4.74 Å². The van der Waals surface area contributed by atoms with Crippen molar-refractivity contribution in [2.75, 3.05) is 18.0 Å². The van der Waals surface area contributed by atoms with Crippen molar-refractivity contribution in [2.45, 2.75) is 26.4 Å². The van der Waals surface area contributed by atoms with Crippen LogP contribution < -0.4 is 10.2 Å². The van der Waals surface area contributed by atoms with Gasteiger partial charge in [-0.05, 0) is 30.7 Å². The highest BCUT2D eigenvalue weighted by Crippen LogP contribution is 2.27. The molecule has 7 nitrogen and oxygen atoms in total. The summed E-state index contributed by atoms with van der Waals surface area (Å²) >= 11 is 0. The topological polar surface area (TPSA) is 79.6 Å². The van der Waals surface area contributed by atoms with E-state index in [0.29, 0.717) is 17.9 Å². The quantitative estimate of drug-likeness (QED) is 0.676. The lowest BCUT2D eigenvalue weighted by Crippen LogP contribution is -2.33. The van der Waals surface area contributed by atoms with E-state index < -0.39 is 12.2 Å². The molecule has 0 bridgehead atoms. The van der Waals surface area contributed by atoms with Crippen LogP contribution in [0.3, 0.4) is 0 Å². The van der Waals surface area contributed by atoms with E-state index in [1.807, 2.05) is 31.2 Å². The first-order chi connectivity index (χ1) is 14.4. The highest BCUT2D eigenvalue weighted by atomic mass is 19.1. The van der Waals surface area contributed by atoms with Crippen LogP contribution >= 0.6 is 0 Å². The number of hydrogen-bond acceptors (Lipinski definition) is 5. The summed E-state index contributed by atoms with van der Waals surface area (Å²) in [5, 5.41) is 17.1. The number of halogens is 1. The lowest BCUT2D eigenvalue weighted by molar-refractivity contribution is -0.121. The van der Waals surface area contributed by atoms with Gasteiger partial charge in [-0.15, -0.1) is 0 Å². The minimum absolute atomic E-state index is 0.175. The predicted molar refractivity (Wildman–Crippen MR) is 111 cm³/mol. The van der Waals surface area contributed by atoms with Crippen molar-refractivity contribution in [1.82, 2.24) is 15.1 Å². The van der Waals surface area contributed by atoms with Gasteiger partial charge in [0.2, 0.25) is 12.3 Å². The van der Waals surface area contributed by atoms with Crippen molar-refractivity contribution >= 4 is 11.6 Å². The number of aliphatic hydroxyl groups excluding tert-OH is 1. The SMILES string of the molecule is CC(=O)NCC1CN(c2ccc(-n3cc(-c4ccc(C)cc4)cn3)c(F)c2)C(O)O1. The third kappa shape index (κ3) is 4.19. The van der Waals surface area contributed by atoms with Crippen LogP contribution in [-0.2, 0) is 9.53 Å². The van der Waals surface area contributed by atoms with E-state index in [-0.39, 0.29) is 18.6 Å². The Morgan fingerprint density at radius 2 is 2.03 bits per heavy atom. The zero-order valence-electron chi connectivity index (χ0n) is 16.7. The third-order valence-electron chi connectivity index (χ3n) is 5.04. The van der Waals surface area contributed by atoms with E-state index >= 15 is 0 Å². The molecule has 0 spiro atoms. The fourth-order valence-corrected chi connectivity index (χ4v) is 3.41. The number of carbonyl (C=O) groups is 1. The van der Waals surface area contributed by atoms with Crippen LogP contribution in [-0.4, -0.2) is 46.4 Å². The number of amides is 1. The molecule has 156 valence electrons. The van der Waals surface area contributed by atoms with Gasteiger partial charge in [0, 0.05) is 30.9 Å². The fraction of sp³-hybridized carbons (Fsp3) is 0.273. The van der Waals surface area contributed by atoms with Gasteiger partial charge >= 0.3 is 0 Å². The summed E-state index contributed by atoms with van der Waals surface area (Å²) in [4.78, 5) is 12.6. The third-order valence-corrected chi connectivity index (χ3v) is 5.04. The Balaban J connectivity index is 1.51. The Kier molecular flexibility index (Phi) is 5.52. The number of hydrogen-bond donors (Lipinski definition) is 2. The second-order valence-electron chi connectivity index (χ2n) is 7.35. The number of rotatable bonds is 5. The molecule has 1 aromatic heterocycles. The van der Waals surface area contributed by atoms with Gasteiger partial charge < -0.3 is 20.1 Å². The number of aliphatic hydroxyl groups is 1. The van der Waals surface area contributed by atoms with Crippen LogP contribution in [0.2, 0.25) is 0 Å². The Morgan fingerprint density at radius 1 is 1.27 bits per heavy atom. The molecule has 2 unspecified atom stereocenters. The number of aryl methyl sites for hydroxylation is 1. The van der Waals surface area contributed by atoms with Crippen molar-refractivity contribution in [1.29, 1.82) is 0 Å². The molecule has 4 rings (SSSR count). The van der Waals surface area contributed by atoms with Crippen molar-refractivity contribution in [3.05, 3.63) is 66.2 Å². The molecule has 1 aliphatic rings. The Hall–Kier alpha value is -3.23. The molecule has 1 aliphatic heterocycles. The minimum Gasteiger partial charge on any atom is -0.354 e. The summed E-state index contributed by atoms with van der Waals surface area (Å²) in [6.07, 6.45) is 1.89. The molecule has 1 amide bonds. The number of ether oxygens (including phenoxy) is 1. The molecule has 8 heteroatoms. The van der Waals surface area contributed by atoms with Gasteiger partial charge in [0.15, 0.2) is 5.82 Å². The molecule has 3 aromatic rings. The summed E-state index contributed by atoms with van der Waals surface area (Å²) in [6.45, 7) is 4.05. The van der Waals surface area contributed by atoms with Gasteiger partial charge in [-0.3, -0.25) is 4.79 Å². The van der Waals surface area contributed by atoms with Crippen LogP contribution in [0.4, 0.5) is 10.1 Å². The van der Waals surface area contributed by atoms with Crippen molar-refractivity contribution < 1.29 is 19.0 Å². The zero-order chi connectivity index (χ0) is 21.3. The summed E-state index contributed by atoms with van der Waals surface area (Å²) in [6, 6.07) is 12.7. The monoisotopic (exact) mass is 410 g/mol. The van der Waals surface area contributed by atoms with Gasteiger partial charge in [0.1, 0.15) is 5.69 Å². The normalized spacial score (nSPS) is 18.6. The molecule has 0 saturated carbocycles. The summed E-state index contributed by atoms with van der Waals surface area (Å²) in [7, 11) is 0. The van der Waals surface area contributed by atoms with Gasteiger partial charge in [-0.25, -0.2) is 9.07 Å². The van der Waals surface area contributed by atoms with E-state index in [0.717, 1.165) is 11.1 Å². The molecule has 2 N–H and O–H groups in total. The maximum Gasteiger partial charge on any atom is 0.238 e. The molecule has 1 saturated heterocycles. The number of nitrogens with zero attached hydrogens (tertiary/aromatic N) is 3. The van der Waals surface area contributed by atoms with Crippen LogP contribution in [0, 0.1) is 12.7 Å². The first kappa shape index (κ1) is 20.1. The highest BCUT2D eigenvalue weighted by Gasteiger charge is 2.32. The van der Waals surface area contributed by atoms with Crippen LogP contribution in [0.25, 0.3) is 16.8 Å². The van der Waals surface area contributed by atoms with Crippen LogP contribution in [0.1, 0.15) is 12.5 Å². The molecule has 1 fully saturated rings. The van der Waals surface area contributed by atoms with Gasteiger partial charge in [0.25, 0.3) is 0 Å².